The van der Waals surface area contributed by atoms with Crippen LogP contribution in [0.3, 0.4) is 0 Å². The number of hydrogen-bond donors (Lipinski definition) is 2. The maximum Gasteiger partial charge on any atom is 0.239 e. The van der Waals surface area contributed by atoms with Gasteiger partial charge in [0.15, 0.2) is 0 Å². The normalized spacial score (nSPS) is 15.0. The van der Waals surface area contributed by atoms with Gasteiger partial charge in [-0.3, -0.25) is 14.5 Å². The highest BCUT2D eigenvalue weighted by atomic mass is 19.1. The zero-order valence-electron chi connectivity index (χ0n) is 17.4. The van der Waals surface area contributed by atoms with Crippen LogP contribution in [0.4, 0.5) is 4.39 Å². The first-order valence-corrected chi connectivity index (χ1v) is 10.2. The fourth-order valence-corrected chi connectivity index (χ4v) is 3.44. The summed E-state index contributed by atoms with van der Waals surface area (Å²) in [7, 11) is 2.14. The van der Waals surface area contributed by atoms with E-state index in [0.29, 0.717) is 12.1 Å². The maximum atomic E-state index is 13.2. The van der Waals surface area contributed by atoms with Crippen molar-refractivity contribution in [1.29, 1.82) is 0 Å². The number of hydrogen-bond acceptors (Lipinski definition) is 4. The zero-order chi connectivity index (χ0) is 21.3. The smallest absolute Gasteiger partial charge is 0.239 e. The predicted molar refractivity (Wildman–Crippen MR) is 114 cm³/mol. The Bertz CT molecular complexity index is 866. The Kier molecular flexibility index (Phi) is 7.93. The fourth-order valence-electron chi connectivity index (χ4n) is 3.44. The van der Waals surface area contributed by atoms with Crippen molar-refractivity contribution in [2.75, 3.05) is 39.8 Å². The molecule has 0 aromatic heterocycles. The maximum absolute atomic E-state index is 13.2. The van der Waals surface area contributed by atoms with Crippen molar-refractivity contribution in [1.82, 2.24) is 20.4 Å². The standard InChI is InChI=1S/C23H29FN4O2/c1-27-8-10-28(11-9-27)17-20-6-2-5-19(12-20)15-25-23(30)16-26-22(29)14-18-4-3-7-21(24)13-18/h2-7,12-13H,8-11,14-17H2,1H3,(H,25,30)(H,26,29). The number of likely N-dealkylation sites (N-methyl/N-ethyl adjacent to an activating group) is 1. The first-order valence-electron chi connectivity index (χ1n) is 10.2. The molecule has 2 N–H and O–H groups in total. The van der Waals surface area contributed by atoms with Crippen LogP contribution in [0, 0.1) is 5.82 Å². The van der Waals surface area contributed by atoms with Crippen molar-refractivity contribution in [3.05, 3.63) is 71.0 Å². The highest BCUT2D eigenvalue weighted by Gasteiger charge is 2.14. The molecule has 3 rings (SSSR count). The highest BCUT2D eigenvalue weighted by Crippen LogP contribution is 2.10. The van der Waals surface area contributed by atoms with E-state index in [1.807, 2.05) is 12.1 Å². The van der Waals surface area contributed by atoms with E-state index >= 15 is 0 Å². The monoisotopic (exact) mass is 412 g/mol. The quantitative estimate of drug-likeness (QED) is 0.691. The first-order chi connectivity index (χ1) is 14.5. The number of amides is 2. The minimum Gasteiger partial charge on any atom is -0.350 e. The van der Waals surface area contributed by atoms with E-state index in [9.17, 15) is 14.0 Å². The van der Waals surface area contributed by atoms with Gasteiger partial charge in [0.1, 0.15) is 5.82 Å². The lowest BCUT2D eigenvalue weighted by atomic mass is 10.1. The van der Waals surface area contributed by atoms with E-state index in [-0.39, 0.29) is 30.6 Å². The molecule has 2 aromatic rings. The van der Waals surface area contributed by atoms with E-state index in [1.165, 1.54) is 17.7 Å². The molecule has 7 heteroatoms. The summed E-state index contributed by atoms with van der Waals surface area (Å²) < 4.78 is 13.2. The van der Waals surface area contributed by atoms with Gasteiger partial charge < -0.3 is 15.5 Å². The molecule has 0 spiro atoms. The van der Waals surface area contributed by atoms with Crippen molar-refractivity contribution in [3.8, 4) is 0 Å². The van der Waals surface area contributed by atoms with Gasteiger partial charge in [-0.05, 0) is 35.9 Å². The molecule has 2 amide bonds. The Balaban J connectivity index is 1.39. The van der Waals surface area contributed by atoms with Gasteiger partial charge in [-0.2, -0.15) is 0 Å². The van der Waals surface area contributed by atoms with Gasteiger partial charge in [-0.1, -0.05) is 36.4 Å². The molecule has 0 aliphatic carbocycles. The minimum absolute atomic E-state index is 0.0410. The second-order valence-electron chi connectivity index (χ2n) is 7.76. The van der Waals surface area contributed by atoms with Crippen LogP contribution < -0.4 is 10.6 Å². The first kappa shape index (κ1) is 21.9. The molecule has 0 unspecified atom stereocenters. The molecule has 1 heterocycles. The number of benzene rings is 2. The molecular formula is C23H29FN4O2. The summed E-state index contributed by atoms with van der Waals surface area (Å²) in [6.45, 7) is 5.51. The average Bonchev–Trinajstić information content (AvgIpc) is 2.73. The van der Waals surface area contributed by atoms with Gasteiger partial charge in [0.2, 0.25) is 11.8 Å². The summed E-state index contributed by atoms with van der Waals surface area (Å²) in [5.41, 5.74) is 2.83. The van der Waals surface area contributed by atoms with Gasteiger partial charge in [-0.15, -0.1) is 0 Å². The molecule has 6 nitrogen and oxygen atoms in total. The Morgan fingerprint density at radius 1 is 0.900 bits per heavy atom. The van der Waals surface area contributed by atoms with Crippen LogP contribution in [-0.4, -0.2) is 61.4 Å². The van der Waals surface area contributed by atoms with Gasteiger partial charge in [-0.25, -0.2) is 4.39 Å². The minimum atomic E-state index is -0.382. The predicted octanol–water partition coefficient (Wildman–Crippen LogP) is 1.55. The van der Waals surface area contributed by atoms with E-state index in [4.69, 9.17) is 0 Å². The molecule has 160 valence electrons. The Morgan fingerprint density at radius 2 is 1.60 bits per heavy atom. The van der Waals surface area contributed by atoms with Crippen molar-refractivity contribution >= 4 is 11.8 Å². The zero-order valence-corrected chi connectivity index (χ0v) is 17.4. The van der Waals surface area contributed by atoms with Crippen LogP contribution in [0.25, 0.3) is 0 Å². The molecular weight excluding hydrogens is 383 g/mol. The largest absolute Gasteiger partial charge is 0.350 e. The van der Waals surface area contributed by atoms with E-state index in [1.54, 1.807) is 12.1 Å². The van der Waals surface area contributed by atoms with Crippen molar-refractivity contribution in [2.45, 2.75) is 19.5 Å². The second kappa shape index (κ2) is 10.8. The number of carbonyl (C=O) groups is 2. The number of piperazine rings is 1. The molecule has 1 aliphatic heterocycles. The number of nitrogens with one attached hydrogen (secondary N) is 2. The SMILES string of the molecule is CN1CCN(Cc2cccc(CNC(=O)CNC(=O)Cc3cccc(F)c3)c2)CC1. The van der Waals surface area contributed by atoms with Crippen LogP contribution in [0.15, 0.2) is 48.5 Å². The number of nitrogens with zero attached hydrogens (tertiary/aromatic N) is 2. The summed E-state index contributed by atoms with van der Waals surface area (Å²) in [6, 6.07) is 14.1. The van der Waals surface area contributed by atoms with Crippen LogP contribution in [0.1, 0.15) is 16.7 Å². The molecule has 1 saturated heterocycles. The summed E-state index contributed by atoms with van der Waals surface area (Å²) in [4.78, 5) is 28.8. The summed E-state index contributed by atoms with van der Waals surface area (Å²) in [5, 5.41) is 5.40. The van der Waals surface area contributed by atoms with Crippen LogP contribution >= 0.6 is 0 Å². The second-order valence-corrected chi connectivity index (χ2v) is 7.76. The lowest BCUT2D eigenvalue weighted by molar-refractivity contribution is -0.125. The lowest BCUT2D eigenvalue weighted by Gasteiger charge is -2.32. The summed E-state index contributed by atoms with van der Waals surface area (Å²) in [6.07, 6.45) is 0.0410. The fraction of sp³-hybridized carbons (Fsp3) is 0.391. The summed E-state index contributed by atoms with van der Waals surface area (Å²) >= 11 is 0. The number of rotatable bonds is 8. The molecule has 0 radical (unpaired) electrons. The van der Waals surface area contributed by atoms with Crippen LogP contribution in [-0.2, 0) is 29.1 Å². The third kappa shape index (κ3) is 7.24. The molecule has 0 atom stereocenters. The van der Waals surface area contributed by atoms with Gasteiger partial charge in [0.25, 0.3) is 0 Å². The molecule has 0 saturated carbocycles. The third-order valence-electron chi connectivity index (χ3n) is 5.18. The van der Waals surface area contributed by atoms with E-state index < -0.39 is 0 Å². The average molecular weight is 413 g/mol. The number of halogens is 1. The molecule has 2 aromatic carbocycles. The van der Waals surface area contributed by atoms with Gasteiger partial charge in [0, 0.05) is 39.3 Å². The topological polar surface area (TPSA) is 64.7 Å². The molecule has 1 fully saturated rings. The van der Waals surface area contributed by atoms with Crippen molar-refractivity contribution in [2.24, 2.45) is 0 Å². The molecule has 30 heavy (non-hydrogen) atoms. The third-order valence-corrected chi connectivity index (χ3v) is 5.18. The lowest BCUT2D eigenvalue weighted by Crippen LogP contribution is -2.43. The van der Waals surface area contributed by atoms with Crippen molar-refractivity contribution in [3.63, 3.8) is 0 Å². The molecule has 1 aliphatic rings. The number of carbonyl (C=O) groups excluding carboxylic acids is 2. The Labute approximate surface area is 177 Å². The highest BCUT2D eigenvalue weighted by molar-refractivity contribution is 5.85. The van der Waals surface area contributed by atoms with Crippen LogP contribution in [0.2, 0.25) is 0 Å². The van der Waals surface area contributed by atoms with Crippen molar-refractivity contribution < 1.29 is 14.0 Å². The van der Waals surface area contributed by atoms with Crippen LogP contribution in [0.5, 0.6) is 0 Å². The van der Waals surface area contributed by atoms with E-state index in [2.05, 4.69) is 39.6 Å². The van der Waals surface area contributed by atoms with E-state index in [0.717, 1.165) is 38.3 Å². The Morgan fingerprint density at radius 3 is 2.37 bits per heavy atom. The summed E-state index contributed by atoms with van der Waals surface area (Å²) in [5.74, 6) is -0.954. The van der Waals surface area contributed by atoms with Gasteiger partial charge in [0.05, 0.1) is 13.0 Å². The molecule has 0 bridgehead atoms. The Hall–Kier alpha value is -2.77. The van der Waals surface area contributed by atoms with Gasteiger partial charge >= 0.3 is 0 Å².